The van der Waals surface area contributed by atoms with Crippen LogP contribution in [0.1, 0.15) is 0 Å². The number of rotatable bonds is 0. The Morgan fingerprint density at radius 3 is 1.10 bits per heavy atom. The molecular weight excluding hydrogens is 182 g/mol. The van der Waals surface area contributed by atoms with E-state index in [4.69, 9.17) is 0 Å². The molecule has 0 aliphatic carbocycles. The van der Waals surface area contributed by atoms with E-state index < -0.39 is 0 Å². The van der Waals surface area contributed by atoms with Crippen LogP contribution in [0.5, 0.6) is 11.5 Å². The average molecular weight is 186 g/mol. The van der Waals surface area contributed by atoms with Gasteiger partial charge in [0.2, 0.25) is 0 Å². The summed E-state index contributed by atoms with van der Waals surface area (Å²) in [5.74, 6) is -0.241. The summed E-state index contributed by atoms with van der Waals surface area (Å²) in [6, 6.07) is 5.01. The molecule has 0 spiro atoms. The third-order valence-corrected chi connectivity index (χ3v) is 0.824. The van der Waals surface area contributed by atoms with Crippen LogP contribution >= 0.6 is 0 Å². The minimum atomic E-state index is -0.121. The zero-order chi connectivity index (χ0) is 5.98. The van der Waals surface area contributed by atoms with Gasteiger partial charge in [-0.1, -0.05) is 24.3 Å². The van der Waals surface area contributed by atoms with Crippen LogP contribution in [0.25, 0.3) is 0 Å². The Kier molecular flexibility index (Phi) is 11.3. The summed E-state index contributed by atoms with van der Waals surface area (Å²) in [5.41, 5.74) is 0. The SMILES string of the molecule is [K+].[K+].[O-]c1ccc([O-])cc1. The van der Waals surface area contributed by atoms with Crippen molar-refractivity contribution in [3.05, 3.63) is 24.3 Å². The zero-order valence-corrected chi connectivity index (χ0v) is 12.4. The Hall–Kier alpha value is 2.09. The molecule has 0 aliphatic rings. The number of hydrogen-bond acceptors (Lipinski definition) is 2. The molecule has 0 fully saturated rings. The zero-order valence-electron chi connectivity index (χ0n) is 6.13. The largest absolute Gasteiger partial charge is 1.00 e. The van der Waals surface area contributed by atoms with E-state index in [2.05, 4.69) is 0 Å². The van der Waals surface area contributed by atoms with Gasteiger partial charge in [0.1, 0.15) is 0 Å². The Balaban J connectivity index is 0. The number of benzene rings is 1. The molecule has 0 saturated carbocycles. The van der Waals surface area contributed by atoms with Crippen molar-refractivity contribution in [2.24, 2.45) is 0 Å². The van der Waals surface area contributed by atoms with Crippen molar-refractivity contribution in [1.82, 2.24) is 0 Å². The quantitative estimate of drug-likeness (QED) is 0.379. The first-order chi connectivity index (χ1) is 3.79. The van der Waals surface area contributed by atoms with E-state index in [1.165, 1.54) is 24.3 Å². The number of hydrogen-bond donors (Lipinski definition) is 0. The molecule has 2 nitrogen and oxygen atoms in total. The monoisotopic (exact) mass is 186 g/mol. The molecule has 0 aliphatic heterocycles. The van der Waals surface area contributed by atoms with Gasteiger partial charge >= 0.3 is 103 Å². The first kappa shape index (κ1) is 14.6. The van der Waals surface area contributed by atoms with Gasteiger partial charge in [-0.05, 0) is 0 Å². The maximum Gasteiger partial charge on any atom is 1.00 e. The van der Waals surface area contributed by atoms with Crippen LogP contribution in [-0.4, -0.2) is 0 Å². The summed E-state index contributed by atoms with van der Waals surface area (Å²) in [7, 11) is 0. The summed E-state index contributed by atoms with van der Waals surface area (Å²) in [6.07, 6.45) is 0. The summed E-state index contributed by atoms with van der Waals surface area (Å²) >= 11 is 0. The second kappa shape index (κ2) is 7.73. The summed E-state index contributed by atoms with van der Waals surface area (Å²) in [5, 5.41) is 20.6. The first-order valence-corrected chi connectivity index (χ1v) is 2.23. The Labute approximate surface area is 145 Å². The minimum Gasteiger partial charge on any atom is -0.872 e. The molecule has 10 heavy (non-hydrogen) atoms. The van der Waals surface area contributed by atoms with Gasteiger partial charge in [0.05, 0.1) is 0 Å². The van der Waals surface area contributed by atoms with Crippen LogP contribution in [0, 0.1) is 0 Å². The van der Waals surface area contributed by atoms with Crippen LogP contribution in [0.3, 0.4) is 0 Å². The second-order valence-corrected chi connectivity index (χ2v) is 1.47. The molecule has 4 heteroatoms. The standard InChI is InChI=1S/C6H6O2.2K/c7-5-1-2-6(8)4-3-5;;/h1-4,7-8H;;/q;2*+1/p-2. The molecule has 0 saturated heterocycles. The molecule has 0 amide bonds. The fraction of sp³-hybridized carbons (Fsp3) is 0. The maximum absolute atomic E-state index is 10.3. The molecule has 0 radical (unpaired) electrons. The van der Waals surface area contributed by atoms with Crippen molar-refractivity contribution >= 4 is 0 Å². The van der Waals surface area contributed by atoms with Crippen molar-refractivity contribution in [2.45, 2.75) is 0 Å². The topological polar surface area (TPSA) is 46.1 Å². The average Bonchev–Trinajstić information content (AvgIpc) is 1.77. The Bertz CT molecular complexity index is 153. The van der Waals surface area contributed by atoms with Crippen LogP contribution in [0.2, 0.25) is 0 Å². The van der Waals surface area contributed by atoms with Crippen LogP contribution < -0.4 is 113 Å². The van der Waals surface area contributed by atoms with E-state index in [9.17, 15) is 10.2 Å². The van der Waals surface area contributed by atoms with Crippen molar-refractivity contribution in [2.75, 3.05) is 0 Å². The molecule has 0 N–H and O–H groups in total. The fourth-order valence-corrected chi connectivity index (χ4v) is 0.440. The van der Waals surface area contributed by atoms with Gasteiger partial charge in [-0.25, -0.2) is 0 Å². The van der Waals surface area contributed by atoms with Gasteiger partial charge in [0, 0.05) is 0 Å². The van der Waals surface area contributed by atoms with Gasteiger partial charge < -0.3 is 10.2 Å². The predicted octanol–water partition coefficient (Wildman–Crippen LogP) is -6.16. The van der Waals surface area contributed by atoms with Crippen LogP contribution in [0.15, 0.2) is 24.3 Å². The second-order valence-electron chi connectivity index (χ2n) is 1.47. The van der Waals surface area contributed by atoms with Crippen molar-refractivity contribution in [1.29, 1.82) is 0 Å². The van der Waals surface area contributed by atoms with E-state index >= 15 is 0 Å². The smallest absolute Gasteiger partial charge is 0.872 e. The van der Waals surface area contributed by atoms with E-state index in [-0.39, 0.29) is 114 Å². The molecule has 0 heterocycles. The van der Waals surface area contributed by atoms with Gasteiger partial charge in [-0.2, -0.15) is 0 Å². The Morgan fingerprint density at radius 1 is 0.700 bits per heavy atom. The molecule has 0 bridgehead atoms. The van der Waals surface area contributed by atoms with Crippen LogP contribution in [-0.2, 0) is 0 Å². The van der Waals surface area contributed by atoms with Crippen molar-refractivity contribution in [3.63, 3.8) is 0 Å². The normalized spacial score (nSPS) is 7.20. The van der Waals surface area contributed by atoms with Crippen LogP contribution in [0.4, 0.5) is 0 Å². The molecule has 0 unspecified atom stereocenters. The van der Waals surface area contributed by atoms with Gasteiger partial charge in [-0.15, -0.1) is 11.5 Å². The molecule has 1 aromatic rings. The maximum atomic E-state index is 10.3. The minimum absolute atomic E-state index is 0. The van der Waals surface area contributed by atoms with Gasteiger partial charge in [-0.3, -0.25) is 0 Å². The van der Waals surface area contributed by atoms with Crippen molar-refractivity contribution < 1.29 is 113 Å². The van der Waals surface area contributed by atoms with Gasteiger partial charge in [0.25, 0.3) is 0 Å². The summed E-state index contributed by atoms with van der Waals surface area (Å²) in [4.78, 5) is 0. The molecule has 1 rings (SSSR count). The third kappa shape index (κ3) is 5.71. The van der Waals surface area contributed by atoms with Gasteiger partial charge in [0.15, 0.2) is 0 Å². The predicted molar refractivity (Wildman–Crippen MR) is 25.3 cm³/mol. The van der Waals surface area contributed by atoms with E-state index in [1.54, 1.807) is 0 Å². The molecule has 1 aromatic carbocycles. The summed E-state index contributed by atoms with van der Waals surface area (Å²) < 4.78 is 0. The third-order valence-electron chi connectivity index (χ3n) is 0.824. The molecule has 0 aromatic heterocycles. The van der Waals surface area contributed by atoms with Crippen molar-refractivity contribution in [3.8, 4) is 11.5 Å². The fourth-order valence-electron chi connectivity index (χ4n) is 0.440. The van der Waals surface area contributed by atoms with E-state index in [0.29, 0.717) is 0 Å². The molecular formula is C6H4K2O2. The summed E-state index contributed by atoms with van der Waals surface area (Å²) in [6.45, 7) is 0. The van der Waals surface area contributed by atoms with E-state index in [0.717, 1.165) is 0 Å². The molecule has 0 atom stereocenters. The molecule has 42 valence electrons. The first-order valence-electron chi connectivity index (χ1n) is 2.23. The van der Waals surface area contributed by atoms with E-state index in [1.807, 2.05) is 0 Å². The Morgan fingerprint density at radius 2 is 0.900 bits per heavy atom.